The molecule has 0 aliphatic carbocycles. The van der Waals surface area contributed by atoms with Crippen molar-refractivity contribution >= 4 is 71.0 Å². The van der Waals surface area contributed by atoms with Crippen LogP contribution in [0.15, 0.2) is 0 Å². The van der Waals surface area contributed by atoms with E-state index in [2.05, 4.69) is 26.6 Å². The van der Waals surface area contributed by atoms with Crippen molar-refractivity contribution < 1.29 is 68.4 Å². The third-order valence-corrected chi connectivity index (χ3v) is 10.3. The largest absolute Gasteiger partial charge is 0.481 e. The lowest BCUT2D eigenvalue weighted by Gasteiger charge is -2.32. The molecule has 13 N–H and O–H groups in total. The lowest BCUT2D eigenvalue weighted by molar-refractivity contribution is -0.145. The van der Waals surface area contributed by atoms with E-state index in [0.29, 0.717) is 12.2 Å². The highest BCUT2D eigenvalue weighted by atomic mass is 32.2. The number of amides is 8. The van der Waals surface area contributed by atoms with Crippen molar-refractivity contribution in [1.29, 1.82) is 0 Å². The van der Waals surface area contributed by atoms with Gasteiger partial charge >= 0.3 is 11.9 Å². The molecule has 2 aliphatic rings. The minimum Gasteiger partial charge on any atom is -0.481 e. The van der Waals surface area contributed by atoms with Crippen LogP contribution in [0, 0.1) is 5.92 Å². The fourth-order valence-electron chi connectivity index (χ4n) is 6.55. The number of nitrogens with one attached hydrogen (secondary N) is 5. The number of thioether (sulfide) groups is 1. The van der Waals surface area contributed by atoms with Gasteiger partial charge in [0.05, 0.1) is 24.7 Å². The Balaban J connectivity index is 2.26. The topological polar surface area (TPSA) is 370 Å². The predicted octanol–water partition coefficient (Wildman–Crippen LogP) is -5.06. The lowest BCUT2D eigenvalue weighted by Crippen LogP contribution is -2.62. The van der Waals surface area contributed by atoms with Crippen molar-refractivity contribution in [3.05, 3.63) is 0 Å². The zero-order valence-corrected chi connectivity index (χ0v) is 34.2. The van der Waals surface area contributed by atoms with Crippen molar-refractivity contribution in [3.8, 4) is 0 Å². The van der Waals surface area contributed by atoms with E-state index < -0.39 is 146 Å². The van der Waals surface area contributed by atoms with Crippen LogP contribution in [-0.2, 0) is 47.9 Å². The van der Waals surface area contributed by atoms with E-state index in [9.17, 15) is 58.2 Å². The molecule has 332 valence electrons. The van der Waals surface area contributed by atoms with Crippen LogP contribution in [0.1, 0.15) is 65.7 Å². The number of carbonyl (C=O) groups excluding carboxylic acids is 8. The van der Waals surface area contributed by atoms with Gasteiger partial charge < -0.3 is 68.3 Å². The van der Waals surface area contributed by atoms with Gasteiger partial charge in [0.15, 0.2) is 0 Å². The zero-order chi connectivity index (χ0) is 44.7. The second-order valence-corrected chi connectivity index (χ2v) is 15.8. The maximum absolute atomic E-state index is 13.9. The number of β-amino-alcohol motifs (C(OH)–C–C–N with tert-alkyl or cyclic N) is 1. The fourth-order valence-corrected chi connectivity index (χ4v) is 7.02. The quantitative estimate of drug-likeness (QED) is 0.0458. The predicted molar refractivity (Wildman–Crippen MR) is 207 cm³/mol. The average molecular weight is 860 g/mol. The highest BCUT2D eigenvalue weighted by Gasteiger charge is 2.45. The molecular formula is C35H57N9O14S. The van der Waals surface area contributed by atoms with Crippen LogP contribution in [-0.4, -0.2) is 176 Å². The molecule has 2 aliphatic heterocycles. The number of hydrogen-bond acceptors (Lipinski definition) is 14. The first-order valence-corrected chi connectivity index (χ1v) is 20.4. The molecule has 9 atom stereocenters. The standard InChI is InChI=1S/C35H57N9O14S/c1-16(2)27(33(56)40-21(13-24(37)47)34(57)43-10-5-6-22(43)31(54)38-14-26(50)51)41-32(55)23-12-18(46)15-44(23)35(58)28(17(3)45)42-30(53)20(9-11-59-4)39-29(52)19(36)7-8-25(48)49/h16-23,27-28,45-46H,5-15,36H2,1-4H3,(H2,37,47)(H,38,54)(H,39,52)(H,40,56)(H,41,55)(H,42,53)(H,48,49)(H,50,51)/t17-,18-,19+,20+,21+,22+,23+,27+,28+/m1/s1. The van der Waals surface area contributed by atoms with Gasteiger partial charge in [0.25, 0.3) is 0 Å². The van der Waals surface area contributed by atoms with Gasteiger partial charge in [0, 0.05) is 25.9 Å². The number of primary amides is 1. The fraction of sp³-hybridized carbons (Fsp3) is 0.714. The Kier molecular flexibility index (Phi) is 19.9. The molecule has 0 bridgehead atoms. The number of likely N-dealkylation sites (tertiary alicyclic amines) is 2. The first-order chi connectivity index (χ1) is 27.6. The maximum atomic E-state index is 13.9. The summed E-state index contributed by atoms with van der Waals surface area (Å²) in [5.41, 5.74) is 11.2. The van der Waals surface area contributed by atoms with Crippen LogP contribution < -0.4 is 38.1 Å². The summed E-state index contributed by atoms with van der Waals surface area (Å²) in [6, 6.07) is -9.71. The highest BCUT2D eigenvalue weighted by Crippen LogP contribution is 2.22. The van der Waals surface area contributed by atoms with Crippen molar-refractivity contribution in [2.24, 2.45) is 17.4 Å². The Morgan fingerprint density at radius 1 is 0.780 bits per heavy atom. The molecule has 0 spiro atoms. The van der Waals surface area contributed by atoms with Crippen LogP contribution in [0.5, 0.6) is 0 Å². The van der Waals surface area contributed by atoms with Crippen molar-refractivity contribution in [3.63, 3.8) is 0 Å². The molecule has 2 saturated heterocycles. The molecule has 0 unspecified atom stereocenters. The van der Waals surface area contributed by atoms with E-state index in [1.807, 2.05) is 0 Å². The average Bonchev–Trinajstić information content (AvgIpc) is 3.81. The minimum absolute atomic E-state index is 0.0527. The first kappa shape index (κ1) is 50.1. The normalized spacial score (nSPS) is 20.6. The van der Waals surface area contributed by atoms with E-state index >= 15 is 0 Å². The molecule has 0 saturated carbocycles. The maximum Gasteiger partial charge on any atom is 0.322 e. The Labute approximate surface area is 344 Å². The van der Waals surface area contributed by atoms with Gasteiger partial charge in [0.2, 0.25) is 47.3 Å². The highest BCUT2D eigenvalue weighted by molar-refractivity contribution is 7.98. The monoisotopic (exact) mass is 859 g/mol. The second-order valence-electron chi connectivity index (χ2n) is 14.8. The van der Waals surface area contributed by atoms with Gasteiger partial charge in [0.1, 0.15) is 42.8 Å². The molecule has 2 heterocycles. The number of carbonyl (C=O) groups is 10. The molecule has 23 nitrogen and oxygen atoms in total. The van der Waals surface area contributed by atoms with E-state index in [1.165, 1.54) is 18.7 Å². The first-order valence-electron chi connectivity index (χ1n) is 19.0. The number of nitrogens with two attached hydrogens (primary N) is 2. The summed E-state index contributed by atoms with van der Waals surface area (Å²) in [4.78, 5) is 130. The van der Waals surface area contributed by atoms with Gasteiger partial charge in [-0.25, -0.2) is 0 Å². The Hall–Kier alpha value is -5.07. The number of carboxylic acids is 2. The number of hydrogen-bond donors (Lipinski definition) is 11. The van der Waals surface area contributed by atoms with Crippen molar-refractivity contribution in [2.75, 3.05) is 31.6 Å². The Bertz CT molecular complexity index is 1580. The summed E-state index contributed by atoms with van der Waals surface area (Å²) in [7, 11) is 0. The molecule has 0 radical (unpaired) electrons. The van der Waals surface area contributed by atoms with Gasteiger partial charge in [-0.3, -0.25) is 47.9 Å². The van der Waals surface area contributed by atoms with Crippen molar-refractivity contribution in [2.45, 2.75) is 120 Å². The van der Waals surface area contributed by atoms with E-state index in [4.69, 9.17) is 21.7 Å². The molecule has 0 aromatic carbocycles. The minimum atomic E-state index is -1.69. The number of carboxylic acid groups (broad SMARTS) is 2. The molecule has 0 aromatic rings. The molecule has 2 fully saturated rings. The van der Waals surface area contributed by atoms with Crippen molar-refractivity contribution in [1.82, 2.24) is 36.4 Å². The smallest absolute Gasteiger partial charge is 0.322 e. The van der Waals surface area contributed by atoms with Crippen LogP contribution >= 0.6 is 11.8 Å². The molecule has 8 amide bonds. The summed E-state index contributed by atoms with van der Waals surface area (Å²) >= 11 is 1.34. The van der Waals surface area contributed by atoms with Crippen LogP contribution in [0.2, 0.25) is 0 Å². The van der Waals surface area contributed by atoms with E-state index in [1.54, 1.807) is 20.1 Å². The third-order valence-electron chi connectivity index (χ3n) is 9.68. The summed E-state index contributed by atoms with van der Waals surface area (Å²) in [6.45, 7) is 3.24. The molecule has 24 heteroatoms. The number of aliphatic hydroxyl groups excluding tert-OH is 2. The molecule has 0 aromatic heterocycles. The lowest BCUT2D eigenvalue weighted by atomic mass is 10.0. The molecule has 59 heavy (non-hydrogen) atoms. The SMILES string of the molecule is CSCC[C@H](NC(=O)[C@@H](N)CCC(=O)O)C(=O)N[C@H](C(=O)N1C[C@H](O)C[C@H]1C(=O)N[C@H](C(=O)N[C@@H](CC(N)=O)C(=O)N1CCC[C@H]1C(=O)NCC(=O)O)C(C)C)[C@@H](C)O. The van der Waals surface area contributed by atoms with Crippen LogP contribution in [0.3, 0.4) is 0 Å². The number of aliphatic hydroxyl groups is 2. The van der Waals surface area contributed by atoms with Gasteiger partial charge in [-0.05, 0) is 50.5 Å². The van der Waals surface area contributed by atoms with Gasteiger partial charge in [-0.2, -0.15) is 11.8 Å². The molecular weight excluding hydrogens is 803 g/mol. The number of nitrogens with zero attached hydrogens (tertiary/aromatic N) is 2. The zero-order valence-electron chi connectivity index (χ0n) is 33.4. The summed E-state index contributed by atoms with van der Waals surface area (Å²) in [5.74, 6) is -9.93. The van der Waals surface area contributed by atoms with Gasteiger partial charge in [-0.1, -0.05) is 13.8 Å². The van der Waals surface area contributed by atoms with E-state index in [-0.39, 0.29) is 32.2 Å². The van der Waals surface area contributed by atoms with Gasteiger partial charge in [-0.15, -0.1) is 0 Å². The van der Waals surface area contributed by atoms with Crippen LogP contribution in [0.4, 0.5) is 0 Å². The summed E-state index contributed by atoms with van der Waals surface area (Å²) in [6.07, 6.45) is -2.07. The Morgan fingerprint density at radius 3 is 1.98 bits per heavy atom. The Morgan fingerprint density at radius 2 is 1.42 bits per heavy atom. The van der Waals surface area contributed by atoms with E-state index in [0.717, 1.165) is 9.80 Å². The summed E-state index contributed by atoms with van der Waals surface area (Å²) in [5, 5.41) is 51.0. The number of rotatable bonds is 23. The second kappa shape index (κ2) is 23.5. The third kappa shape index (κ3) is 15.2. The summed E-state index contributed by atoms with van der Waals surface area (Å²) < 4.78 is 0. The van der Waals surface area contributed by atoms with Crippen LogP contribution in [0.25, 0.3) is 0 Å². The molecule has 2 rings (SSSR count). The number of aliphatic carboxylic acids is 2.